The summed E-state index contributed by atoms with van der Waals surface area (Å²) < 4.78 is 5.86. The van der Waals surface area contributed by atoms with Gasteiger partial charge >= 0.3 is 0 Å². The van der Waals surface area contributed by atoms with Crippen LogP contribution in [0.1, 0.15) is 18.9 Å². The molecule has 82 valence electrons. The fraction of sp³-hybridized carbons (Fsp3) is 0.364. The van der Waals surface area contributed by atoms with Crippen LogP contribution in [0.4, 0.5) is 0 Å². The fourth-order valence-corrected chi connectivity index (χ4v) is 1.75. The van der Waals surface area contributed by atoms with Gasteiger partial charge in [-0.1, -0.05) is 0 Å². The average molecular weight is 273 g/mol. The molecule has 0 bridgehead atoms. The Kier molecular flexibility index (Phi) is 4.62. The van der Waals surface area contributed by atoms with Gasteiger partial charge in [-0.3, -0.25) is 0 Å². The van der Waals surface area contributed by atoms with E-state index in [0.717, 1.165) is 11.8 Å². The van der Waals surface area contributed by atoms with Crippen molar-refractivity contribution in [2.75, 3.05) is 6.61 Å². The number of phenols is 1. The number of hydrogen-bond donors (Lipinski definition) is 1. The molecule has 3 nitrogen and oxygen atoms in total. The highest BCUT2D eigenvalue weighted by molar-refractivity contribution is 9.10. The summed E-state index contributed by atoms with van der Waals surface area (Å²) in [4.78, 5) is 10.2. The Bertz CT molecular complexity index is 350. The first-order chi connectivity index (χ1) is 7.19. The second-order valence-corrected chi connectivity index (χ2v) is 3.92. The van der Waals surface area contributed by atoms with Crippen LogP contribution >= 0.6 is 15.9 Å². The number of rotatable bonds is 5. The van der Waals surface area contributed by atoms with Gasteiger partial charge in [0.25, 0.3) is 0 Å². The Balaban J connectivity index is 2.94. The summed E-state index contributed by atoms with van der Waals surface area (Å²) in [6.45, 7) is 2.35. The van der Waals surface area contributed by atoms with E-state index in [1.165, 1.54) is 0 Å². The van der Waals surface area contributed by atoms with Gasteiger partial charge in [0, 0.05) is 6.42 Å². The molecule has 15 heavy (non-hydrogen) atoms. The standard InChI is InChI=1S/C11H13BrO3/c1-2-15-10-7-8(4-3-5-13)6-9(12)11(10)14/h5-7,14H,2-4H2,1H3. The maximum Gasteiger partial charge on any atom is 0.172 e. The van der Waals surface area contributed by atoms with Gasteiger partial charge in [0.05, 0.1) is 11.1 Å². The highest BCUT2D eigenvalue weighted by Crippen LogP contribution is 2.35. The SMILES string of the molecule is CCOc1cc(CCC=O)cc(Br)c1O. The molecule has 0 spiro atoms. The van der Waals surface area contributed by atoms with E-state index in [1.54, 1.807) is 12.1 Å². The van der Waals surface area contributed by atoms with Crippen LogP contribution < -0.4 is 4.74 Å². The van der Waals surface area contributed by atoms with Gasteiger partial charge in [0.1, 0.15) is 6.29 Å². The summed E-state index contributed by atoms with van der Waals surface area (Å²) in [7, 11) is 0. The predicted octanol–water partition coefficient (Wildman–Crippen LogP) is 2.68. The molecule has 0 saturated carbocycles. The fourth-order valence-electron chi connectivity index (χ4n) is 1.26. The molecule has 0 fully saturated rings. The number of hydrogen-bond acceptors (Lipinski definition) is 3. The lowest BCUT2D eigenvalue weighted by atomic mass is 10.1. The number of aldehydes is 1. The number of benzene rings is 1. The van der Waals surface area contributed by atoms with Crippen molar-refractivity contribution in [3.05, 3.63) is 22.2 Å². The number of ether oxygens (including phenoxy) is 1. The van der Waals surface area contributed by atoms with Gasteiger partial charge in [-0.15, -0.1) is 0 Å². The topological polar surface area (TPSA) is 46.5 Å². The molecule has 0 amide bonds. The third-order valence-electron chi connectivity index (χ3n) is 1.94. The molecule has 0 saturated heterocycles. The van der Waals surface area contributed by atoms with Crippen molar-refractivity contribution in [1.29, 1.82) is 0 Å². The molecule has 1 aromatic carbocycles. The van der Waals surface area contributed by atoms with Crippen LogP contribution in [-0.2, 0) is 11.2 Å². The lowest BCUT2D eigenvalue weighted by Crippen LogP contribution is -1.94. The number of phenolic OH excluding ortho intramolecular Hbond substituents is 1. The number of aromatic hydroxyl groups is 1. The first-order valence-electron chi connectivity index (χ1n) is 4.76. The molecule has 0 aliphatic heterocycles. The summed E-state index contributed by atoms with van der Waals surface area (Å²) in [6, 6.07) is 3.55. The summed E-state index contributed by atoms with van der Waals surface area (Å²) in [6.07, 6.45) is 2.01. The average Bonchev–Trinajstić information content (AvgIpc) is 2.22. The van der Waals surface area contributed by atoms with Gasteiger partial charge in [-0.05, 0) is 47.0 Å². The normalized spacial score (nSPS) is 10.0. The van der Waals surface area contributed by atoms with Crippen LogP contribution in [0.25, 0.3) is 0 Å². The Morgan fingerprint density at radius 1 is 1.53 bits per heavy atom. The van der Waals surface area contributed by atoms with Crippen LogP contribution in [0.2, 0.25) is 0 Å². The van der Waals surface area contributed by atoms with Gasteiger partial charge in [-0.25, -0.2) is 0 Å². The molecular weight excluding hydrogens is 260 g/mol. The van der Waals surface area contributed by atoms with E-state index in [0.29, 0.717) is 29.7 Å². The highest BCUT2D eigenvalue weighted by Gasteiger charge is 2.08. The monoisotopic (exact) mass is 272 g/mol. The molecule has 0 aromatic heterocycles. The number of halogens is 1. The van der Waals surface area contributed by atoms with Crippen molar-refractivity contribution >= 4 is 22.2 Å². The van der Waals surface area contributed by atoms with Crippen molar-refractivity contribution in [1.82, 2.24) is 0 Å². The second kappa shape index (κ2) is 5.75. The largest absolute Gasteiger partial charge is 0.503 e. The van der Waals surface area contributed by atoms with Gasteiger partial charge in [0.2, 0.25) is 0 Å². The zero-order valence-electron chi connectivity index (χ0n) is 8.50. The van der Waals surface area contributed by atoms with E-state index in [1.807, 2.05) is 6.92 Å². The summed E-state index contributed by atoms with van der Waals surface area (Å²) in [5, 5.41) is 9.64. The Morgan fingerprint density at radius 3 is 2.87 bits per heavy atom. The van der Waals surface area contributed by atoms with Crippen molar-refractivity contribution < 1.29 is 14.6 Å². The van der Waals surface area contributed by atoms with Crippen LogP contribution in [0.3, 0.4) is 0 Å². The Morgan fingerprint density at radius 2 is 2.27 bits per heavy atom. The zero-order valence-corrected chi connectivity index (χ0v) is 10.1. The maximum atomic E-state index is 10.2. The molecule has 4 heteroatoms. The van der Waals surface area contributed by atoms with E-state index in [-0.39, 0.29) is 5.75 Å². The molecular formula is C11H13BrO3. The van der Waals surface area contributed by atoms with E-state index in [4.69, 9.17) is 4.74 Å². The van der Waals surface area contributed by atoms with E-state index < -0.39 is 0 Å². The minimum absolute atomic E-state index is 0.103. The number of aryl methyl sites for hydroxylation is 1. The van der Waals surface area contributed by atoms with Crippen LogP contribution in [0.15, 0.2) is 16.6 Å². The molecule has 0 unspecified atom stereocenters. The molecule has 0 aliphatic carbocycles. The Labute approximate surface area is 97.2 Å². The lowest BCUT2D eigenvalue weighted by Gasteiger charge is -2.09. The third kappa shape index (κ3) is 3.23. The number of carbonyl (C=O) groups is 1. The first-order valence-corrected chi connectivity index (χ1v) is 5.56. The minimum atomic E-state index is 0.103. The predicted molar refractivity (Wildman–Crippen MR) is 61.4 cm³/mol. The third-order valence-corrected chi connectivity index (χ3v) is 2.54. The van der Waals surface area contributed by atoms with E-state index in [9.17, 15) is 9.90 Å². The van der Waals surface area contributed by atoms with Crippen molar-refractivity contribution in [3.63, 3.8) is 0 Å². The summed E-state index contributed by atoms with van der Waals surface area (Å²) in [5.74, 6) is 0.555. The second-order valence-electron chi connectivity index (χ2n) is 3.06. The molecule has 0 radical (unpaired) electrons. The quantitative estimate of drug-likeness (QED) is 0.839. The summed E-state index contributed by atoms with van der Waals surface area (Å²) >= 11 is 3.24. The van der Waals surface area contributed by atoms with Gasteiger partial charge in [-0.2, -0.15) is 0 Å². The van der Waals surface area contributed by atoms with Crippen LogP contribution in [0, 0.1) is 0 Å². The summed E-state index contributed by atoms with van der Waals surface area (Å²) in [5.41, 5.74) is 0.968. The van der Waals surface area contributed by atoms with Crippen molar-refractivity contribution in [2.24, 2.45) is 0 Å². The lowest BCUT2D eigenvalue weighted by molar-refractivity contribution is -0.107. The smallest absolute Gasteiger partial charge is 0.172 e. The molecule has 1 N–H and O–H groups in total. The van der Waals surface area contributed by atoms with E-state index in [2.05, 4.69) is 15.9 Å². The number of carbonyl (C=O) groups excluding carboxylic acids is 1. The molecule has 0 heterocycles. The zero-order chi connectivity index (χ0) is 11.3. The molecule has 0 atom stereocenters. The molecule has 0 aliphatic rings. The highest BCUT2D eigenvalue weighted by atomic mass is 79.9. The minimum Gasteiger partial charge on any atom is -0.503 e. The van der Waals surface area contributed by atoms with Gasteiger partial charge < -0.3 is 14.6 Å². The first kappa shape index (κ1) is 12.0. The van der Waals surface area contributed by atoms with Gasteiger partial charge in [0.15, 0.2) is 11.5 Å². The molecule has 1 rings (SSSR count). The van der Waals surface area contributed by atoms with Crippen LogP contribution in [0.5, 0.6) is 11.5 Å². The van der Waals surface area contributed by atoms with Crippen LogP contribution in [-0.4, -0.2) is 18.0 Å². The maximum absolute atomic E-state index is 10.2. The van der Waals surface area contributed by atoms with Crippen molar-refractivity contribution in [3.8, 4) is 11.5 Å². The Hall–Kier alpha value is -1.03. The van der Waals surface area contributed by atoms with E-state index >= 15 is 0 Å². The van der Waals surface area contributed by atoms with Crippen molar-refractivity contribution in [2.45, 2.75) is 19.8 Å². The molecule has 1 aromatic rings.